The van der Waals surface area contributed by atoms with Gasteiger partial charge in [-0.15, -0.1) is 0 Å². The van der Waals surface area contributed by atoms with E-state index in [4.69, 9.17) is 4.74 Å². The molecule has 1 aliphatic rings. The maximum absolute atomic E-state index is 12.3. The average molecular weight is 311 g/mol. The van der Waals surface area contributed by atoms with Crippen molar-refractivity contribution < 1.29 is 17.9 Å². The highest BCUT2D eigenvalue weighted by Crippen LogP contribution is 2.25. The molecule has 0 unspecified atom stereocenters. The van der Waals surface area contributed by atoms with Crippen molar-refractivity contribution in [1.82, 2.24) is 0 Å². The van der Waals surface area contributed by atoms with Gasteiger partial charge < -0.3 is 4.74 Å². The van der Waals surface area contributed by atoms with E-state index in [1.54, 1.807) is 31.2 Å². The Kier molecular flexibility index (Phi) is 5.22. The summed E-state index contributed by atoms with van der Waals surface area (Å²) in [4.78, 5) is 11.5. The smallest absolute Gasteiger partial charge is 0.338 e. The van der Waals surface area contributed by atoms with Gasteiger partial charge in [0, 0.05) is 5.69 Å². The largest absolute Gasteiger partial charge is 0.462 e. The Bertz CT molecular complexity index is 574. The minimum absolute atomic E-state index is 0.309. The number of esters is 1. The van der Waals surface area contributed by atoms with E-state index in [0.717, 1.165) is 32.1 Å². The van der Waals surface area contributed by atoms with E-state index in [0.29, 0.717) is 17.9 Å². The Morgan fingerprint density at radius 1 is 1.19 bits per heavy atom. The quantitative estimate of drug-likeness (QED) is 0.849. The molecule has 0 amide bonds. The third-order valence-corrected chi connectivity index (χ3v) is 5.52. The van der Waals surface area contributed by atoms with Crippen molar-refractivity contribution in [3.8, 4) is 0 Å². The fraction of sp³-hybridized carbons (Fsp3) is 0.533. The Morgan fingerprint density at radius 3 is 2.38 bits per heavy atom. The molecule has 21 heavy (non-hydrogen) atoms. The van der Waals surface area contributed by atoms with Gasteiger partial charge in [0.2, 0.25) is 10.0 Å². The molecule has 0 aliphatic heterocycles. The monoisotopic (exact) mass is 311 g/mol. The molecule has 6 heteroatoms. The third-order valence-electron chi connectivity index (χ3n) is 3.65. The number of nitrogens with one attached hydrogen (secondary N) is 1. The number of anilines is 1. The SMILES string of the molecule is CCOC(=O)c1ccc(NS(=O)(=O)C2CCCCC2)cc1. The summed E-state index contributed by atoms with van der Waals surface area (Å²) in [5.74, 6) is -0.404. The fourth-order valence-electron chi connectivity index (χ4n) is 2.51. The molecule has 1 saturated carbocycles. The van der Waals surface area contributed by atoms with E-state index in [2.05, 4.69) is 4.72 Å². The van der Waals surface area contributed by atoms with Crippen molar-refractivity contribution in [1.29, 1.82) is 0 Å². The number of hydrogen-bond acceptors (Lipinski definition) is 4. The minimum atomic E-state index is -3.35. The van der Waals surface area contributed by atoms with E-state index < -0.39 is 16.0 Å². The number of ether oxygens (including phenoxy) is 1. The van der Waals surface area contributed by atoms with Crippen LogP contribution in [0.4, 0.5) is 5.69 Å². The maximum Gasteiger partial charge on any atom is 0.338 e. The molecule has 1 N–H and O–H groups in total. The first-order valence-electron chi connectivity index (χ1n) is 7.32. The summed E-state index contributed by atoms with van der Waals surface area (Å²) in [5, 5.41) is -0.309. The molecule has 0 spiro atoms. The molecule has 116 valence electrons. The van der Waals surface area contributed by atoms with E-state index >= 15 is 0 Å². The fourth-order valence-corrected chi connectivity index (χ4v) is 4.10. The molecule has 0 atom stereocenters. The zero-order valence-corrected chi connectivity index (χ0v) is 13.0. The summed E-state index contributed by atoms with van der Waals surface area (Å²) in [6.45, 7) is 2.06. The first-order chi connectivity index (χ1) is 10.0. The molecular weight excluding hydrogens is 290 g/mol. The molecule has 1 aromatic rings. The van der Waals surface area contributed by atoms with Crippen LogP contribution in [0.1, 0.15) is 49.4 Å². The molecule has 1 aliphatic carbocycles. The lowest BCUT2D eigenvalue weighted by molar-refractivity contribution is 0.0526. The minimum Gasteiger partial charge on any atom is -0.462 e. The highest BCUT2D eigenvalue weighted by molar-refractivity contribution is 7.93. The van der Waals surface area contributed by atoms with Gasteiger partial charge in [-0.3, -0.25) is 4.72 Å². The van der Waals surface area contributed by atoms with Crippen molar-refractivity contribution in [3.05, 3.63) is 29.8 Å². The van der Waals surface area contributed by atoms with Gasteiger partial charge in [0.05, 0.1) is 17.4 Å². The topological polar surface area (TPSA) is 72.5 Å². The highest BCUT2D eigenvalue weighted by Gasteiger charge is 2.27. The van der Waals surface area contributed by atoms with Gasteiger partial charge in [-0.25, -0.2) is 13.2 Å². The predicted octanol–water partition coefficient (Wildman–Crippen LogP) is 2.94. The lowest BCUT2D eigenvalue weighted by Gasteiger charge is -2.22. The van der Waals surface area contributed by atoms with Crippen LogP contribution in [0.15, 0.2) is 24.3 Å². The van der Waals surface area contributed by atoms with Crippen LogP contribution in [0, 0.1) is 0 Å². The van der Waals surface area contributed by atoms with Crippen LogP contribution in [0.25, 0.3) is 0 Å². The third kappa shape index (κ3) is 4.20. The average Bonchev–Trinajstić information content (AvgIpc) is 2.49. The predicted molar refractivity (Wildman–Crippen MR) is 81.8 cm³/mol. The molecule has 0 bridgehead atoms. The van der Waals surface area contributed by atoms with Crippen LogP contribution in [0.5, 0.6) is 0 Å². The van der Waals surface area contributed by atoms with Gasteiger partial charge in [-0.1, -0.05) is 19.3 Å². The van der Waals surface area contributed by atoms with Crippen LogP contribution >= 0.6 is 0 Å². The molecule has 0 radical (unpaired) electrons. The maximum atomic E-state index is 12.3. The second kappa shape index (κ2) is 6.93. The summed E-state index contributed by atoms with van der Waals surface area (Å²) in [5.41, 5.74) is 0.895. The number of rotatable bonds is 5. The van der Waals surface area contributed by atoms with Gasteiger partial charge in [0.25, 0.3) is 0 Å². The van der Waals surface area contributed by atoms with Crippen LogP contribution in [0.3, 0.4) is 0 Å². The molecule has 0 aromatic heterocycles. The van der Waals surface area contributed by atoms with E-state index in [1.807, 2.05) is 0 Å². The molecule has 1 aromatic carbocycles. The Hall–Kier alpha value is -1.56. The normalized spacial score (nSPS) is 16.4. The van der Waals surface area contributed by atoms with Crippen molar-refractivity contribution in [2.75, 3.05) is 11.3 Å². The van der Waals surface area contributed by atoms with Gasteiger partial charge in [-0.2, -0.15) is 0 Å². The number of sulfonamides is 1. The van der Waals surface area contributed by atoms with Crippen molar-refractivity contribution >= 4 is 21.7 Å². The van der Waals surface area contributed by atoms with Gasteiger partial charge in [-0.05, 0) is 44.0 Å². The van der Waals surface area contributed by atoms with Gasteiger partial charge >= 0.3 is 5.97 Å². The van der Waals surface area contributed by atoms with Gasteiger partial charge in [0.1, 0.15) is 0 Å². The lowest BCUT2D eigenvalue weighted by Crippen LogP contribution is -2.29. The van der Waals surface area contributed by atoms with E-state index in [9.17, 15) is 13.2 Å². The summed E-state index contributed by atoms with van der Waals surface area (Å²) in [6, 6.07) is 6.31. The van der Waals surface area contributed by atoms with Crippen molar-refractivity contribution in [3.63, 3.8) is 0 Å². The Morgan fingerprint density at radius 2 is 1.81 bits per heavy atom. The first kappa shape index (κ1) is 15.8. The van der Waals surface area contributed by atoms with Crippen LogP contribution in [0.2, 0.25) is 0 Å². The summed E-state index contributed by atoms with van der Waals surface area (Å²) < 4.78 is 32.0. The zero-order valence-electron chi connectivity index (χ0n) is 12.2. The zero-order chi connectivity index (χ0) is 15.3. The molecule has 5 nitrogen and oxygen atoms in total. The van der Waals surface area contributed by atoms with Crippen LogP contribution in [-0.4, -0.2) is 26.2 Å². The number of hydrogen-bond donors (Lipinski definition) is 1. The molecule has 1 fully saturated rings. The second-order valence-electron chi connectivity index (χ2n) is 5.20. The Balaban J connectivity index is 2.04. The molecule has 2 rings (SSSR count). The molecule has 0 heterocycles. The van der Waals surface area contributed by atoms with Crippen LogP contribution in [-0.2, 0) is 14.8 Å². The Labute approximate surface area is 125 Å². The number of benzene rings is 1. The first-order valence-corrected chi connectivity index (χ1v) is 8.86. The van der Waals surface area contributed by atoms with Crippen molar-refractivity contribution in [2.24, 2.45) is 0 Å². The van der Waals surface area contributed by atoms with Gasteiger partial charge in [0.15, 0.2) is 0 Å². The summed E-state index contributed by atoms with van der Waals surface area (Å²) >= 11 is 0. The standard InChI is InChI=1S/C15H21NO4S/c1-2-20-15(17)12-8-10-13(11-9-12)16-21(18,19)14-6-4-3-5-7-14/h8-11,14,16H,2-7H2,1H3. The highest BCUT2D eigenvalue weighted by atomic mass is 32.2. The van der Waals surface area contributed by atoms with E-state index in [-0.39, 0.29) is 5.25 Å². The van der Waals surface area contributed by atoms with Crippen LogP contribution < -0.4 is 4.72 Å². The second-order valence-corrected chi connectivity index (χ2v) is 7.17. The molecule has 0 saturated heterocycles. The van der Waals surface area contributed by atoms with Crippen molar-refractivity contribution in [2.45, 2.75) is 44.3 Å². The lowest BCUT2D eigenvalue weighted by atomic mass is 10.0. The van der Waals surface area contributed by atoms with E-state index in [1.165, 1.54) is 0 Å². The molecular formula is C15H21NO4S. The number of carbonyl (C=O) groups excluding carboxylic acids is 1. The number of carbonyl (C=O) groups is 1. The summed E-state index contributed by atoms with van der Waals surface area (Å²) in [7, 11) is -3.35. The summed E-state index contributed by atoms with van der Waals surface area (Å²) in [6.07, 6.45) is 4.48.